The standard InChI is InChI=1S/C20H21N3O5S/c1-13(2)27-16-10-14(20(24)22-19-8-9-21-23-19)11-17(12-16)28-15-4-6-18(7-5-15)29(3,25)26/h4-13H,1-3H3,(H2,21,22,23,24). The zero-order valence-corrected chi connectivity index (χ0v) is 17.0. The Labute approximate surface area is 168 Å². The second kappa shape index (κ2) is 8.36. The smallest absolute Gasteiger partial charge is 0.257 e. The number of aromatic amines is 1. The highest BCUT2D eigenvalue weighted by Gasteiger charge is 2.13. The van der Waals surface area contributed by atoms with Gasteiger partial charge in [-0.05, 0) is 50.2 Å². The van der Waals surface area contributed by atoms with E-state index in [0.29, 0.717) is 28.6 Å². The Morgan fingerprint density at radius 1 is 1.03 bits per heavy atom. The van der Waals surface area contributed by atoms with E-state index in [1.807, 2.05) is 13.8 Å². The predicted molar refractivity (Wildman–Crippen MR) is 108 cm³/mol. The highest BCUT2D eigenvalue weighted by Crippen LogP contribution is 2.29. The van der Waals surface area contributed by atoms with Gasteiger partial charge in [0.25, 0.3) is 5.91 Å². The molecule has 8 nitrogen and oxygen atoms in total. The number of amides is 1. The number of hydrogen-bond donors (Lipinski definition) is 2. The van der Waals surface area contributed by atoms with Gasteiger partial charge in [-0.1, -0.05) is 0 Å². The van der Waals surface area contributed by atoms with Gasteiger partial charge >= 0.3 is 0 Å². The normalized spacial score (nSPS) is 11.3. The van der Waals surface area contributed by atoms with Gasteiger partial charge in [-0.3, -0.25) is 9.89 Å². The minimum absolute atomic E-state index is 0.0958. The molecule has 0 radical (unpaired) electrons. The summed E-state index contributed by atoms with van der Waals surface area (Å²) in [6.07, 6.45) is 2.64. The summed E-state index contributed by atoms with van der Waals surface area (Å²) in [5, 5.41) is 9.20. The van der Waals surface area contributed by atoms with Crippen LogP contribution in [0, 0.1) is 0 Å². The zero-order chi connectivity index (χ0) is 21.0. The van der Waals surface area contributed by atoms with Gasteiger partial charge in [0.2, 0.25) is 0 Å². The van der Waals surface area contributed by atoms with E-state index in [4.69, 9.17) is 9.47 Å². The van der Waals surface area contributed by atoms with Crippen LogP contribution in [0.2, 0.25) is 0 Å². The third kappa shape index (κ3) is 5.58. The number of anilines is 1. The fourth-order valence-electron chi connectivity index (χ4n) is 2.51. The Morgan fingerprint density at radius 2 is 1.72 bits per heavy atom. The molecule has 29 heavy (non-hydrogen) atoms. The summed E-state index contributed by atoms with van der Waals surface area (Å²) in [6, 6.07) is 12.5. The number of carbonyl (C=O) groups excluding carboxylic acids is 1. The molecular formula is C20H21N3O5S. The van der Waals surface area contributed by atoms with E-state index in [0.717, 1.165) is 6.26 Å². The van der Waals surface area contributed by atoms with Gasteiger partial charge in [0.05, 0.1) is 11.0 Å². The van der Waals surface area contributed by atoms with Crippen LogP contribution >= 0.6 is 0 Å². The van der Waals surface area contributed by atoms with Crippen LogP contribution in [0.4, 0.5) is 5.82 Å². The topological polar surface area (TPSA) is 110 Å². The van der Waals surface area contributed by atoms with Crippen LogP contribution in [0.3, 0.4) is 0 Å². The minimum atomic E-state index is -3.29. The van der Waals surface area contributed by atoms with Crippen LogP contribution in [0.15, 0.2) is 59.6 Å². The summed E-state index contributed by atoms with van der Waals surface area (Å²) in [6.45, 7) is 3.75. The molecule has 0 saturated carbocycles. The zero-order valence-electron chi connectivity index (χ0n) is 16.2. The first kappa shape index (κ1) is 20.4. The van der Waals surface area contributed by atoms with Crippen molar-refractivity contribution in [3.8, 4) is 17.2 Å². The SMILES string of the molecule is CC(C)Oc1cc(Oc2ccc(S(C)(=O)=O)cc2)cc(C(=O)Nc2cc[nH]n2)c1. The molecule has 3 rings (SSSR count). The number of sulfone groups is 1. The summed E-state index contributed by atoms with van der Waals surface area (Å²) < 4.78 is 34.7. The monoisotopic (exact) mass is 415 g/mol. The van der Waals surface area contributed by atoms with E-state index in [2.05, 4.69) is 15.5 Å². The first-order chi connectivity index (χ1) is 13.7. The van der Waals surface area contributed by atoms with Gasteiger partial charge in [-0.25, -0.2) is 8.42 Å². The molecule has 0 saturated heterocycles. The number of hydrogen-bond acceptors (Lipinski definition) is 6. The van der Waals surface area contributed by atoms with Crippen LogP contribution in [0.25, 0.3) is 0 Å². The number of aromatic nitrogens is 2. The average molecular weight is 415 g/mol. The number of nitrogens with zero attached hydrogens (tertiary/aromatic N) is 1. The van der Waals surface area contributed by atoms with Crippen LogP contribution < -0.4 is 14.8 Å². The van der Waals surface area contributed by atoms with Crippen molar-refractivity contribution >= 4 is 21.6 Å². The molecule has 1 heterocycles. The number of benzene rings is 2. The third-order valence-electron chi connectivity index (χ3n) is 3.74. The average Bonchev–Trinajstić information content (AvgIpc) is 3.13. The first-order valence-electron chi connectivity index (χ1n) is 8.81. The highest BCUT2D eigenvalue weighted by molar-refractivity contribution is 7.90. The fourth-order valence-corrected chi connectivity index (χ4v) is 3.14. The largest absolute Gasteiger partial charge is 0.491 e. The van der Waals surface area contributed by atoms with Crippen molar-refractivity contribution in [3.05, 3.63) is 60.3 Å². The maximum atomic E-state index is 12.6. The van der Waals surface area contributed by atoms with Crippen molar-refractivity contribution in [1.29, 1.82) is 0 Å². The number of H-pyrrole nitrogens is 1. The lowest BCUT2D eigenvalue weighted by molar-refractivity contribution is 0.102. The van der Waals surface area contributed by atoms with Crippen molar-refractivity contribution in [1.82, 2.24) is 10.2 Å². The molecule has 3 aromatic rings. The van der Waals surface area contributed by atoms with Gasteiger partial charge < -0.3 is 14.8 Å². The van der Waals surface area contributed by atoms with E-state index in [9.17, 15) is 13.2 Å². The molecule has 9 heteroatoms. The quantitative estimate of drug-likeness (QED) is 0.609. The highest BCUT2D eigenvalue weighted by atomic mass is 32.2. The molecule has 1 aromatic heterocycles. The first-order valence-corrected chi connectivity index (χ1v) is 10.7. The van der Waals surface area contributed by atoms with Crippen molar-refractivity contribution in [2.45, 2.75) is 24.8 Å². The van der Waals surface area contributed by atoms with Crippen LogP contribution in [-0.2, 0) is 9.84 Å². The molecule has 2 N–H and O–H groups in total. The maximum absolute atomic E-state index is 12.6. The van der Waals surface area contributed by atoms with Crippen LogP contribution in [0.5, 0.6) is 17.2 Å². The molecule has 0 spiro atoms. The number of carbonyl (C=O) groups is 1. The lowest BCUT2D eigenvalue weighted by Gasteiger charge is -2.14. The maximum Gasteiger partial charge on any atom is 0.257 e. The van der Waals surface area contributed by atoms with Crippen LogP contribution in [0.1, 0.15) is 24.2 Å². The molecule has 2 aromatic carbocycles. The predicted octanol–water partition coefficient (Wildman–Crippen LogP) is 3.65. The lowest BCUT2D eigenvalue weighted by Crippen LogP contribution is -2.13. The number of rotatable bonds is 7. The van der Waals surface area contributed by atoms with E-state index in [1.165, 1.54) is 12.1 Å². The van der Waals surface area contributed by atoms with Gasteiger partial charge in [-0.15, -0.1) is 0 Å². The molecule has 0 aliphatic heterocycles. The second-order valence-corrected chi connectivity index (χ2v) is 8.63. The van der Waals surface area contributed by atoms with Crippen molar-refractivity contribution in [2.75, 3.05) is 11.6 Å². The Bertz CT molecular complexity index is 1090. The third-order valence-corrected chi connectivity index (χ3v) is 4.87. The molecule has 0 atom stereocenters. The number of nitrogens with one attached hydrogen (secondary N) is 2. The molecule has 1 amide bonds. The summed E-state index contributed by atoms with van der Waals surface area (Å²) >= 11 is 0. The Balaban J connectivity index is 1.87. The molecule has 152 valence electrons. The fraction of sp³-hybridized carbons (Fsp3) is 0.200. The van der Waals surface area contributed by atoms with Crippen molar-refractivity contribution in [2.24, 2.45) is 0 Å². The molecule has 0 fully saturated rings. The Morgan fingerprint density at radius 3 is 2.31 bits per heavy atom. The minimum Gasteiger partial charge on any atom is -0.491 e. The summed E-state index contributed by atoms with van der Waals surface area (Å²) in [5.41, 5.74) is 0.328. The summed E-state index contributed by atoms with van der Waals surface area (Å²) in [4.78, 5) is 12.8. The molecular weight excluding hydrogens is 394 g/mol. The number of ether oxygens (including phenoxy) is 2. The van der Waals surface area contributed by atoms with Gasteiger partial charge in [0.15, 0.2) is 15.7 Å². The van der Waals surface area contributed by atoms with E-state index < -0.39 is 9.84 Å². The molecule has 0 bridgehead atoms. The summed E-state index contributed by atoms with van der Waals surface area (Å²) in [7, 11) is -3.29. The van der Waals surface area contributed by atoms with E-state index >= 15 is 0 Å². The van der Waals surface area contributed by atoms with Gasteiger partial charge in [0, 0.05) is 30.1 Å². The van der Waals surface area contributed by atoms with E-state index in [1.54, 1.807) is 42.6 Å². The summed E-state index contributed by atoms with van der Waals surface area (Å²) in [5.74, 6) is 1.30. The lowest BCUT2D eigenvalue weighted by atomic mass is 10.2. The molecule has 0 unspecified atom stereocenters. The second-order valence-electron chi connectivity index (χ2n) is 6.62. The van der Waals surface area contributed by atoms with Crippen LogP contribution in [-0.4, -0.2) is 36.9 Å². The molecule has 0 aliphatic carbocycles. The Kier molecular flexibility index (Phi) is 5.88. The Hall–Kier alpha value is -3.33. The van der Waals surface area contributed by atoms with Gasteiger partial charge in [-0.2, -0.15) is 5.10 Å². The molecule has 0 aliphatic rings. The van der Waals surface area contributed by atoms with Crippen molar-refractivity contribution in [3.63, 3.8) is 0 Å². The van der Waals surface area contributed by atoms with Crippen molar-refractivity contribution < 1.29 is 22.7 Å². The van der Waals surface area contributed by atoms with E-state index in [-0.39, 0.29) is 16.9 Å². The van der Waals surface area contributed by atoms with Gasteiger partial charge in [0.1, 0.15) is 17.2 Å².